The van der Waals surface area contributed by atoms with Gasteiger partial charge in [0.25, 0.3) is 5.91 Å². The third-order valence-corrected chi connectivity index (χ3v) is 5.57. The van der Waals surface area contributed by atoms with Gasteiger partial charge in [-0.2, -0.15) is 0 Å². The van der Waals surface area contributed by atoms with Gasteiger partial charge in [0, 0.05) is 11.4 Å². The highest BCUT2D eigenvalue weighted by atomic mass is 16.3. The van der Waals surface area contributed by atoms with Crippen molar-refractivity contribution in [1.82, 2.24) is 9.55 Å². The first-order valence-electron chi connectivity index (χ1n) is 10.1. The first-order chi connectivity index (χ1) is 15.0. The molecule has 2 heterocycles. The Balaban J connectivity index is 1.66. The lowest BCUT2D eigenvalue weighted by Gasteiger charge is -2.30. The number of para-hydroxylation sites is 2. The number of carbonyl (C=O) groups excluding carboxylic acids is 1. The molecule has 1 amide bonds. The van der Waals surface area contributed by atoms with E-state index >= 15 is 0 Å². The maximum atomic E-state index is 13.5. The Kier molecular flexibility index (Phi) is 4.47. The van der Waals surface area contributed by atoms with Crippen LogP contribution >= 0.6 is 0 Å². The van der Waals surface area contributed by atoms with Gasteiger partial charge in [-0.3, -0.25) is 9.36 Å². The smallest absolute Gasteiger partial charge is 0.255 e. The Morgan fingerprint density at radius 3 is 2.58 bits per heavy atom. The number of benzene rings is 3. The SMILES string of the molecule is CC1=C(C(=O)Nc2ccc(C)cc2)C(c2cccc(O)c2)n2c(nc3ccccc32)N1. The summed E-state index contributed by atoms with van der Waals surface area (Å²) in [4.78, 5) is 18.2. The highest BCUT2D eigenvalue weighted by molar-refractivity contribution is 6.06. The molecule has 1 unspecified atom stereocenters. The van der Waals surface area contributed by atoms with Crippen molar-refractivity contribution >= 4 is 28.6 Å². The zero-order chi connectivity index (χ0) is 21.5. The fourth-order valence-electron chi connectivity index (χ4n) is 4.10. The number of aryl methyl sites for hydroxylation is 1. The molecule has 6 heteroatoms. The molecule has 6 nitrogen and oxygen atoms in total. The largest absolute Gasteiger partial charge is 0.508 e. The predicted molar refractivity (Wildman–Crippen MR) is 122 cm³/mol. The number of phenolic OH excluding ortho intramolecular Hbond substituents is 1. The maximum Gasteiger partial charge on any atom is 0.255 e. The lowest BCUT2D eigenvalue weighted by molar-refractivity contribution is -0.113. The molecule has 5 rings (SSSR count). The quantitative estimate of drug-likeness (QED) is 0.445. The second kappa shape index (κ2) is 7.32. The topological polar surface area (TPSA) is 79.2 Å². The van der Waals surface area contributed by atoms with Crippen LogP contribution in [0.2, 0.25) is 0 Å². The number of aromatic hydroxyl groups is 1. The van der Waals surface area contributed by atoms with Crippen molar-refractivity contribution in [2.24, 2.45) is 0 Å². The molecule has 0 saturated carbocycles. The number of nitrogens with one attached hydrogen (secondary N) is 2. The molecule has 31 heavy (non-hydrogen) atoms. The fourth-order valence-corrected chi connectivity index (χ4v) is 4.10. The average Bonchev–Trinajstić information content (AvgIpc) is 3.12. The Labute approximate surface area is 179 Å². The molecule has 1 aliphatic heterocycles. The molecule has 3 aromatic carbocycles. The maximum absolute atomic E-state index is 13.5. The van der Waals surface area contributed by atoms with Gasteiger partial charge in [-0.25, -0.2) is 4.98 Å². The summed E-state index contributed by atoms with van der Waals surface area (Å²) in [5, 5.41) is 16.5. The zero-order valence-corrected chi connectivity index (χ0v) is 17.3. The van der Waals surface area contributed by atoms with E-state index in [2.05, 4.69) is 10.6 Å². The summed E-state index contributed by atoms with van der Waals surface area (Å²) in [6.07, 6.45) is 0. The van der Waals surface area contributed by atoms with Crippen molar-refractivity contribution in [2.75, 3.05) is 10.6 Å². The van der Waals surface area contributed by atoms with Gasteiger partial charge in [0.05, 0.1) is 22.6 Å². The van der Waals surface area contributed by atoms with Gasteiger partial charge < -0.3 is 15.7 Å². The van der Waals surface area contributed by atoms with E-state index in [1.54, 1.807) is 18.2 Å². The van der Waals surface area contributed by atoms with Crippen molar-refractivity contribution < 1.29 is 9.90 Å². The van der Waals surface area contributed by atoms with E-state index in [1.807, 2.05) is 73.0 Å². The van der Waals surface area contributed by atoms with Crippen molar-refractivity contribution in [3.8, 4) is 5.75 Å². The van der Waals surface area contributed by atoms with Gasteiger partial charge in [0.15, 0.2) is 0 Å². The van der Waals surface area contributed by atoms with E-state index in [-0.39, 0.29) is 11.7 Å². The molecule has 0 bridgehead atoms. The monoisotopic (exact) mass is 410 g/mol. The van der Waals surface area contributed by atoms with Crippen molar-refractivity contribution in [3.63, 3.8) is 0 Å². The number of carbonyl (C=O) groups is 1. The molecule has 1 aliphatic rings. The third kappa shape index (κ3) is 3.32. The van der Waals surface area contributed by atoms with Crippen molar-refractivity contribution in [1.29, 1.82) is 0 Å². The molecule has 0 aliphatic carbocycles. The van der Waals surface area contributed by atoms with Gasteiger partial charge in [0.2, 0.25) is 5.95 Å². The summed E-state index contributed by atoms with van der Waals surface area (Å²) in [6.45, 7) is 3.88. The molecule has 154 valence electrons. The summed E-state index contributed by atoms with van der Waals surface area (Å²) < 4.78 is 2.02. The van der Waals surface area contributed by atoms with Gasteiger partial charge in [-0.05, 0) is 55.8 Å². The predicted octanol–water partition coefficient (Wildman–Crippen LogP) is 4.98. The summed E-state index contributed by atoms with van der Waals surface area (Å²) in [6, 6.07) is 22.1. The standard InChI is InChI=1S/C25H22N4O2/c1-15-10-12-18(13-11-15)27-24(31)22-16(2)26-25-28-20-8-3-4-9-21(20)29(25)23(22)17-6-5-7-19(30)14-17/h3-14,23,30H,1-2H3,(H,26,28)(H,27,31). The minimum Gasteiger partial charge on any atom is -0.508 e. The normalized spacial score (nSPS) is 15.5. The van der Waals surface area contributed by atoms with Gasteiger partial charge >= 0.3 is 0 Å². The Hall–Kier alpha value is -4.06. The number of amides is 1. The van der Waals surface area contributed by atoms with E-state index in [9.17, 15) is 9.90 Å². The van der Waals surface area contributed by atoms with Gasteiger partial charge in [-0.1, -0.05) is 42.0 Å². The molecule has 1 atom stereocenters. The van der Waals surface area contributed by atoms with E-state index in [0.717, 1.165) is 33.5 Å². The molecule has 0 spiro atoms. The number of hydrogen-bond donors (Lipinski definition) is 3. The van der Waals surface area contributed by atoms with Gasteiger partial charge in [0.1, 0.15) is 5.75 Å². The number of aromatic nitrogens is 2. The van der Waals surface area contributed by atoms with Crippen LogP contribution in [0.5, 0.6) is 5.75 Å². The number of fused-ring (bicyclic) bond motifs is 3. The first kappa shape index (κ1) is 18.9. The van der Waals surface area contributed by atoms with Crippen LogP contribution in [0.4, 0.5) is 11.6 Å². The zero-order valence-electron chi connectivity index (χ0n) is 17.3. The van der Waals surface area contributed by atoms with E-state index in [4.69, 9.17) is 4.98 Å². The minimum absolute atomic E-state index is 0.151. The lowest BCUT2D eigenvalue weighted by atomic mass is 9.94. The Morgan fingerprint density at radius 1 is 1.03 bits per heavy atom. The molecule has 3 N–H and O–H groups in total. The minimum atomic E-state index is -0.443. The van der Waals surface area contributed by atoms with Crippen LogP contribution in [-0.2, 0) is 4.79 Å². The van der Waals surface area contributed by atoms with Crippen LogP contribution in [-0.4, -0.2) is 20.6 Å². The van der Waals surface area contributed by atoms with Crippen LogP contribution in [0.15, 0.2) is 84.1 Å². The number of nitrogens with zero attached hydrogens (tertiary/aromatic N) is 2. The number of phenols is 1. The highest BCUT2D eigenvalue weighted by Crippen LogP contribution is 2.40. The van der Waals surface area contributed by atoms with E-state index in [1.165, 1.54) is 0 Å². The molecular formula is C25H22N4O2. The van der Waals surface area contributed by atoms with Crippen molar-refractivity contribution in [3.05, 3.63) is 95.2 Å². The number of rotatable bonds is 3. The van der Waals surface area contributed by atoms with Crippen LogP contribution < -0.4 is 10.6 Å². The molecule has 0 radical (unpaired) electrons. The Morgan fingerprint density at radius 2 is 1.81 bits per heavy atom. The molecular weight excluding hydrogens is 388 g/mol. The second-order valence-electron chi connectivity index (χ2n) is 7.78. The number of hydrogen-bond acceptors (Lipinski definition) is 4. The molecule has 4 aromatic rings. The van der Waals surface area contributed by atoms with E-state index < -0.39 is 6.04 Å². The second-order valence-corrected chi connectivity index (χ2v) is 7.78. The fraction of sp³-hybridized carbons (Fsp3) is 0.120. The Bertz CT molecular complexity index is 1340. The number of imidazole rings is 1. The summed E-state index contributed by atoms with van der Waals surface area (Å²) in [5.41, 5.74) is 5.70. The van der Waals surface area contributed by atoms with Gasteiger partial charge in [-0.15, -0.1) is 0 Å². The van der Waals surface area contributed by atoms with E-state index in [0.29, 0.717) is 11.5 Å². The average molecular weight is 410 g/mol. The van der Waals surface area contributed by atoms with Crippen LogP contribution in [0.25, 0.3) is 11.0 Å². The third-order valence-electron chi connectivity index (χ3n) is 5.57. The van der Waals surface area contributed by atoms with Crippen LogP contribution in [0.3, 0.4) is 0 Å². The van der Waals surface area contributed by atoms with Crippen LogP contribution in [0, 0.1) is 6.92 Å². The first-order valence-corrected chi connectivity index (χ1v) is 10.1. The summed E-state index contributed by atoms with van der Waals surface area (Å²) in [7, 11) is 0. The molecule has 0 fully saturated rings. The summed E-state index contributed by atoms with van der Waals surface area (Å²) in [5.74, 6) is 0.613. The lowest BCUT2D eigenvalue weighted by Crippen LogP contribution is -2.30. The number of allylic oxidation sites excluding steroid dienone is 1. The highest BCUT2D eigenvalue weighted by Gasteiger charge is 2.34. The van der Waals surface area contributed by atoms with Crippen LogP contribution in [0.1, 0.15) is 24.1 Å². The van der Waals surface area contributed by atoms with Crippen molar-refractivity contribution in [2.45, 2.75) is 19.9 Å². The molecule has 1 aromatic heterocycles. The molecule has 0 saturated heterocycles. The number of anilines is 2. The summed E-state index contributed by atoms with van der Waals surface area (Å²) >= 11 is 0.